The van der Waals surface area contributed by atoms with Gasteiger partial charge in [-0.1, -0.05) is 6.07 Å². The lowest BCUT2D eigenvalue weighted by Crippen LogP contribution is -2.36. The molecule has 0 aromatic carbocycles. The van der Waals surface area contributed by atoms with Crippen LogP contribution in [0.2, 0.25) is 0 Å². The molecule has 0 saturated heterocycles. The second kappa shape index (κ2) is 6.44. The highest BCUT2D eigenvalue weighted by molar-refractivity contribution is 5.47. The van der Waals surface area contributed by atoms with Crippen molar-refractivity contribution in [3.05, 3.63) is 18.2 Å². The van der Waals surface area contributed by atoms with Gasteiger partial charge in [-0.25, -0.2) is 4.98 Å². The lowest BCUT2D eigenvalue weighted by atomic mass is 10.3. The molecule has 1 aromatic rings. The molecule has 0 unspecified atom stereocenters. The zero-order chi connectivity index (χ0) is 13.6. The molecule has 0 spiro atoms. The minimum atomic E-state index is -4.33. The number of halogens is 3. The van der Waals surface area contributed by atoms with E-state index in [2.05, 4.69) is 10.3 Å². The lowest BCUT2D eigenvalue weighted by molar-refractivity contribution is -0.119. The van der Waals surface area contributed by atoms with E-state index < -0.39 is 12.7 Å². The first-order valence-electron chi connectivity index (χ1n) is 5.59. The maximum atomic E-state index is 12.4. The molecular weight excluding hydrogens is 247 g/mol. The summed E-state index contributed by atoms with van der Waals surface area (Å²) in [6.45, 7) is 0.909. The Bertz CT molecular complexity index is 371. The van der Waals surface area contributed by atoms with Crippen LogP contribution in [0.1, 0.15) is 6.92 Å². The molecule has 4 nitrogen and oxygen atoms in total. The molecule has 2 N–H and O–H groups in total. The summed E-state index contributed by atoms with van der Waals surface area (Å²) in [7, 11) is 0. The number of rotatable bonds is 6. The molecule has 0 aliphatic carbocycles. The SMILES string of the molecule is CCNc1cccc(N(CCO)CC(F)(F)F)n1. The van der Waals surface area contributed by atoms with Crippen molar-refractivity contribution in [3.63, 3.8) is 0 Å². The second-order valence-electron chi connectivity index (χ2n) is 3.67. The number of nitrogens with one attached hydrogen (secondary N) is 1. The third-order valence-corrected chi connectivity index (χ3v) is 2.16. The van der Waals surface area contributed by atoms with Crippen LogP contribution >= 0.6 is 0 Å². The van der Waals surface area contributed by atoms with Crippen LogP contribution < -0.4 is 10.2 Å². The summed E-state index contributed by atoms with van der Waals surface area (Å²) in [6.07, 6.45) is -4.33. The summed E-state index contributed by atoms with van der Waals surface area (Å²) in [5.74, 6) is 0.708. The average Bonchev–Trinajstić information content (AvgIpc) is 2.28. The van der Waals surface area contributed by atoms with Crippen LogP contribution in [0, 0.1) is 0 Å². The molecule has 0 fully saturated rings. The fraction of sp³-hybridized carbons (Fsp3) is 0.545. The van der Waals surface area contributed by atoms with Crippen LogP contribution in [-0.2, 0) is 0 Å². The van der Waals surface area contributed by atoms with Crippen molar-refractivity contribution in [1.82, 2.24) is 4.98 Å². The third kappa shape index (κ3) is 4.79. The number of hydrogen-bond donors (Lipinski definition) is 2. The zero-order valence-corrected chi connectivity index (χ0v) is 10.0. The summed E-state index contributed by atoms with van der Waals surface area (Å²) in [5, 5.41) is 11.7. The van der Waals surface area contributed by atoms with Crippen molar-refractivity contribution in [2.75, 3.05) is 36.5 Å². The first-order chi connectivity index (χ1) is 8.46. The fourth-order valence-electron chi connectivity index (χ4n) is 1.49. The molecule has 0 radical (unpaired) electrons. The number of pyridine rings is 1. The van der Waals surface area contributed by atoms with E-state index in [0.29, 0.717) is 12.4 Å². The predicted molar refractivity (Wildman–Crippen MR) is 63.8 cm³/mol. The van der Waals surface area contributed by atoms with Crippen molar-refractivity contribution in [1.29, 1.82) is 0 Å². The largest absolute Gasteiger partial charge is 0.405 e. The Kier molecular flexibility index (Phi) is 5.21. The number of nitrogens with zero attached hydrogens (tertiary/aromatic N) is 2. The normalized spacial score (nSPS) is 11.4. The average molecular weight is 263 g/mol. The Morgan fingerprint density at radius 1 is 1.39 bits per heavy atom. The van der Waals surface area contributed by atoms with Crippen LogP contribution in [0.15, 0.2) is 18.2 Å². The topological polar surface area (TPSA) is 48.4 Å². The second-order valence-corrected chi connectivity index (χ2v) is 3.67. The van der Waals surface area contributed by atoms with Crippen LogP contribution in [0.4, 0.5) is 24.8 Å². The smallest absolute Gasteiger partial charge is 0.395 e. The van der Waals surface area contributed by atoms with Gasteiger partial charge in [-0.05, 0) is 19.1 Å². The molecule has 1 aromatic heterocycles. The van der Waals surface area contributed by atoms with Crippen LogP contribution in [0.25, 0.3) is 0 Å². The van der Waals surface area contributed by atoms with Crippen LogP contribution in [0.3, 0.4) is 0 Å². The maximum absolute atomic E-state index is 12.4. The standard InChI is InChI=1S/C11H16F3N3O/c1-2-15-9-4-3-5-10(16-9)17(6-7-18)8-11(12,13)14/h3-5,18H,2,6-8H2,1H3,(H,15,16). The van der Waals surface area contributed by atoms with Gasteiger partial charge in [0.1, 0.15) is 18.2 Å². The minimum Gasteiger partial charge on any atom is -0.395 e. The number of hydrogen-bond acceptors (Lipinski definition) is 4. The number of alkyl halides is 3. The first kappa shape index (κ1) is 14.6. The summed E-state index contributed by atoms with van der Waals surface area (Å²) in [6, 6.07) is 4.79. The van der Waals surface area contributed by atoms with Gasteiger partial charge in [-0.2, -0.15) is 13.2 Å². The fourth-order valence-corrected chi connectivity index (χ4v) is 1.49. The van der Waals surface area contributed by atoms with E-state index in [4.69, 9.17) is 5.11 Å². The van der Waals surface area contributed by atoms with Gasteiger partial charge in [-0.15, -0.1) is 0 Å². The van der Waals surface area contributed by atoms with Crippen molar-refractivity contribution in [2.24, 2.45) is 0 Å². The van der Waals surface area contributed by atoms with Gasteiger partial charge < -0.3 is 15.3 Å². The zero-order valence-electron chi connectivity index (χ0n) is 10.0. The first-order valence-corrected chi connectivity index (χ1v) is 5.59. The molecule has 0 saturated carbocycles. The van der Waals surface area contributed by atoms with E-state index >= 15 is 0 Å². The van der Waals surface area contributed by atoms with Crippen LogP contribution in [0.5, 0.6) is 0 Å². The highest BCUT2D eigenvalue weighted by Crippen LogP contribution is 2.21. The van der Waals surface area contributed by atoms with Gasteiger partial charge in [0.15, 0.2) is 0 Å². The predicted octanol–water partition coefficient (Wildman–Crippen LogP) is 1.87. The Morgan fingerprint density at radius 3 is 2.67 bits per heavy atom. The van der Waals surface area contributed by atoms with E-state index in [9.17, 15) is 13.2 Å². The lowest BCUT2D eigenvalue weighted by Gasteiger charge is -2.24. The molecule has 102 valence electrons. The van der Waals surface area contributed by atoms with E-state index in [-0.39, 0.29) is 19.0 Å². The Hall–Kier alpha value is -1.50. The van der Waals surface area contributed by atoms with Gasteiger partial charge in [-0.3, -0.25) is 0 Å². The Morgan fingerprint density at radius 2 is 2.11 bits per heavy atom. The quantitative estimate of drug-likeness (QED) is 0.822. The molecule has 0 aliphatic heterocycles. The summed E-state index contributed by atoms with van der Waals surface area (Å²) in [5.41, 5.74) is 0. The molecular formula is C11H16F3N3O. The van der Waals surface area contributed by atoms with Gasteiger partial charge in [0.25, 0.3) is 0 Å². The van der Waals surface area contributed by atoms with Gasteiger partial charge in [0.2, 0.25) is 0 Å². The number of aliphatic hydroxyl groups excluding tert-OH is 1. The molecule has 1 rings (SSSR count). The summed E-state index contributed by atoms with van der Waals surface area (Å²) >= 11 is 0. The van der Waals surface area contributed by atoms with E-state index in [1.54, 1.807) is 12.1 Å². The summed E-state index contributed by atoms with van der Waals surface area (Å²) < 4.78 is 37.2. The maximum Gasteiger partial charge on any atom is 0.405 e. The molecule has 1 heterocycles. The third-order valence-electron chi connectivity index (χ3n) is 2.16. The van der Waals surface area contributed by atoms with Gasteiger partial charge in [0, 0.05) is 13.1 Å². The van der Waals surface area contributed by atoms with Crippen molar-refractivity contribution < 1.29 is 18.3 Å². The van der Waals surface area contributed by atoms with Gasteiger partial charge >= 0.3 is 6.18 Å². The highest BCUT2D eigenvalue weighted by atomic mass is 19.4. The number of aromatic nitrogens is 1. The van der Waals surface area contributed by atoms with E-state index in [1.807, 2.05) is 6.92 Å². The highest BCUT2D eigenvalue weighted by Gasteiger charge is 2.31. The van der Waals surface area contributed by atoms with E-state index in [0.717, 1.165) is 4.90 Å². The Balaban J connectivity index is 2.87. The van der Waals surface area contributed by atoms with Crippen molar-refractivity contribution in [3.8, 4) is 0 Å². The van der Waals surface area contributed by atoms with Crippen molar-refractivity contribution in [2.45, 2.75) is 13.1 Å². The number of aliphatic hydroxyl groups is 1. The van der Waals surface area contributed by atoms with E-state index in [1.165, 1.54) is 6.07 Å². The van der Waals surface area contributed by atoms with Gasteiger partial charge in [0.05, 0.1) is 6.61 Å². The molecule has 0 amide bonds. The van der Waals surface area contributed by atoms with Crippen LogP contribution in [-0.4, -0.2) is 42.5 Å². The summed E-state index contributed by atoms with van der Waals surface area (Å²) in [4.78, 5) is 5.07. The molecule has 0 bridgehead atoms. The van der Waals surface area contributed by atoms with Crippen molar-refractivity contribution >= 4 is 11.6 Å². The molecule has 0 aliphatic rings. The Labute approximate surface area is 103 Å². The molecule has 18 heavy (non-hydrogen) atoms. The monoisotopic (exact) mass is 263 g/mol. The molecule has 0 atom stereocenters. The number of anilines is 2. The minimum absolute atomic E-state index is 0.109. The molecule has 7 heteroatoms.